The van der Waals surface area contributed by atoms with Crippen LogP contribution in [0.3, 0.4) is 0 Å². The van der Waals surface area contributed by atoms with Crippen molar-refractivity contribution in [2.45, 2.75) is 52.2 Å². The Morgan fingerprint density at radius 2 is 1.90 bits per heavy atom. The van der Waals surface area contributed by atoms with E-state index in [1.807, 2.05) is 12.1 Å². The fraction of sp³-hybridized carbons (Fsp3) is 0.458. The fourth-order valence-corrected chi connectivity index (χ4v) is 3.51. The Balaban J connectivity index is 1.61. The van der Waals surface area contributed by atoms with Crippen molar-refractivity contribution in [1.82, 2.24) is 4.90 Å². The molecule has 1 saturated heterocycles. The number of nitrogens with one attached hydrogen (secondary N) is 1. The van der Waals surface area contributed by atoms with Crippen LogP contribution in [0, 0.1) is 6.92 Å². The lowest BCUT2D eigenvalue weighted by Crippen LogP contribution is -2.45. The first-order valence-electron chi connectivity index (χ1n) is 10.7. The number of nitrogens with zero attached hydrogens (tertiary/aromatic N) is 2. The van der Waals surface area contributed by atoms with Crippen LogP contribution in [-0.4, -0.2) is 36.5 Å². The van der Waals surface area contributed by atoms with E-state index < -0.39 is 0 Å². The number of hydrogen-bond acceptors (Lipinski definition) is 3. The van der Waals surface area contributed by atoms with Crippen LogP contribution in [0.25, 0.3) is 0 Å². The molecule has 29 heavy (non-hydrogen) atoms. The number of nitrogens with two attached hydrogens (primary N) is 1. The molecule has 0 amide bonds. The van der Waals surface area contributed by atoms with Gasteiger partial charge in [0.05, 0.1) is 0 Å². The van der Waals surface area contributed by atoms with E-state index in [0.29, 0.717) is 19.2 Å². The minimum atomic E-state index is 0.505. The molecule has 1 unspecified atom stereocenters. The molecule has 1 aliphatic heterocycles. The topological polar surface area (TPSA) is 62.9 Å². The SMILES string of the molecule is Cc1ccc(COc2ccc(NC(=NCCCN)N3CCCCC3C)cc2)cc1. The fourth-order valence-electron chi connectivity index (χ4n) is 3.51. The second kappa shape index (κ2) is 10.9. The van der Waals surface area contributed by atoms with Crippen molar-refractivity contribution in [3.8, 4) is 5.75 Å². The predicted molar refractivity (Wildman–Crippen MR) is 122 cm³/mol. The van der Waals surface area contributed by atoms with Gasteiger partial charge in [-0.25, -0.2) is 0 Å². The van der Waals surface area contributed by atoms with Gasteiger partial charge < -0.3 is 20.7 Å². The first-order chi connectivity index (χ1) is 14.2. The van der Waals surface area contributed by atoms with Crippen molar-refractivity contribution < 1.29 is 4.74 Å². The summed E-state index contributed by atoms with van der Waals surface area (Å²) in [6.07, 6.45) is 4.62. The number of likely N-dealkylation sites (tertiary alicyclic amines) is 1. The van der Waals surface area contributed by atoms with Crippen LogP contribution >= 0.6 is 0 Å². The summed E-state index contributed by atoms with van der Waals surface area (Å²) in [6, 6.07) is 17.1. The van der Waals surface area contributed by atoms with Crippen LogP contribution in [0.15, 0.2) is 53.5 Å². The van der Waals surface area contributed by atoms with Gasteiger partial charge in [-0.15, -0.1) is 0 Å². The summed E-state index contributed by atoms with van der Waals surface area (Å²) in [6.45, 7) is 7.41. The number of benzene rings is 2. The van der Waals surface area contributed by atoms with Crippen LogP contribution in [-0.2, 0) is 6.61 Å². The largest absolute Gasteiger partial charge is 0.489 e. The summed E-state index contributed by atoms with van der Waals surface area (Å²) in [5.41, 5.74) is 9.11. The molecule has 1 atom stereocenters. The van der Waals surface area contributed by atoms with E-state index in [0.717, 1.165) is 36.9 Å². The number of hydrogen-bond donors (Lipinski definition) is 2. The Bertz CT molecular complexity index is 770. The summed E-state index contributed by atoms with van der Waals surface area (Å²) < 4.78 is 5.92. The Kier molecular flexibility index (Phi) is 7.94. The number of ether oxygens (including phenoxy) is 1. The van der Waals surface area contributed by atoms with Crippen LogP contribution in [0.4, 0.5) is 5.69 Å². The molecular weight excluding hydrogens is 360 g/mol. The van der Waals surface area contributed by atoms with Gasteiger partial charge in [-0.3, -0.25) is 4.99 Å². The van der Waals surface area contributed by atoms with E-state index in [-0.39, 0.29) is 0 Å². The van der Waals surface area contributed by atoms with Crippen LogP contribution in [0.5, 0.6) is 5.75 Å². The molecule has 0 aromatic heterocycles. The van der Waals surface area contributed by atoms with E-state index in [2.05, 4.69) is 60.5 Å². The molecule has 156 valence electrons. The van der Waals surface area contributed by atoms with Crippen LogP contribution < -0.4 is 15.8 Å². The van der Waals surface area contributed by atoms with Gasteiger partial charge in [-0.1, -0.05) is 29.8 Å². The zero-order valence-electron chi connectivity index (χ0n) is 17.7. The van der Waals surface area contributed by atoms with Gasteiger partial charge in [-0.05, 0) is 75.9 Å². The Labute approximate surface area is 175 Å². The summed E-state index contributed by atoms with van der Waals surface area (Å²) in [5.74, 6) is 1.82. The normalized spacial score (nSPS) is 17.3. The molecule has 2 aromatic rings. The van der Waals surface area contributed by atoms with E-state index in [4.69, 9.17) is 15.5 Å². The van der Waals surface area contributed by atoms with Gasteiger partial charge in [0, 0.05) is 24.8 Å². The van der Waals surface area contributed by atoms with Crippen molar-refractivity contribution >= 4 is 11.6 Å². The molecule has 1 heterocycles. The predicted octanol–water partition coefficient (Wildman–Crippen LogP) is 4.57. The molecule has 1 aliphatic rings. The average molecular weight is 395 g/mol. The van der Waals surface area contributed by atoms with Crippen LogP contribution in [0.1, 0.15) is 43.7 Å². The minimum Gasteiger partial charge on any atom is -0.489 e. The maximum atomic E-state index is 5.92. The number of rotatable bonds is 7. The molecule has 0 radical (unpaired) electrons. The van der Waals surface area contributed by atoms with Gasteiger partial charge in [0.15, 0.2) is 5.96 Å². The maximum absolute atomic E-state index is 5.92. The molecule has 1 fully saturated rings. The lowest BCUT2D eigenvalue weighted by Gasteiger charge is -2.36. The highest BCUT2D eigenvalue weighted by molar-refractivity contribution is 5.94. The van der Waals surface area contributed by atoms with Crippen molar-refractivity contribution in [1.29, 1.82) is 0 Å². The first kappa shape index (κ1) is 21.2. The van der Waals surface area contributed by atoms with Gasteiger partial charge in [0.25, 0.3) is 0 Å². The minimum absolute atomic E-state index is 0.505. The Morgan fingerprint density at radius 1 is 1.14 bits per heavy atom. The highest BCUT2D eigenvalue weighted by atomic mass is 16.5. The van der Waals surface area contributed by atoms with Crippen molar-refractivity contribution in [2.24, 2.45) is 10.7 Å². The highest BCUT2D eigenvalue weighted by Crippen LogP contribution is 2.21. The van der Waals surface area contributed by atoms with E-state index in [1.54, 1.807) is 0 Å². The van der Waals surface area contributed by atoms with E-state index >= 15 is 0 Å². The Hall–Kier alpha value is -2.53. The number of aryl methyl sites for hydroxylation is 1. The second-order valence-electron chi connectivity index (χ2n) is 7.81. The third-order valence-electron chi connectivity index (χ3n) is 5.34. The molecule has 0 saturated carbocycles. The summed E-state index contributed by atoms with van der Waals surface area (Å²) in [5, 5.41) is 3.52. The molecule has 0 aliphatic carbocycles. The van der Waals surface area contributed by atoms with E-state index in [1.165, 1.54) is 30.4 Å². The third kappa shape index (κ3) is 6.50. The van der Waals surface area contributed by atoms with Gasteiger partial charge >= 0.3 is 0 Å². The standard InChI is InChI=1S/C24H34N4O/c1-19-7-9-21(10-8-19)18-29-23-13-11-22(12-14-23)27-24(26-16-5-15-25)28-17-4-3-6-20(28)2/h7-14,20H,3-6,15-18,25H2,1-2H3,(H,26,27). The monoisotopic (exact) mass is 394 g/mol. The maximum Gasteiger partial charge on any atom is 0.198 e. The lowest BCUT2D eigenvalue weighted by atomic mass is 10.0. The van der Waals surface area contributed by atoms with Gasteiger partial charge in [-0.2, -0.15) is 0 Å². The average Bonchev–Trinajstić information content (AvgIpc) is 2.74. The highest BCUT2D eigenvalue weighted by Gasteiger charge is 2.21. The number of piperidine rings is 1. The zero-order valence-corrected chi connectivity index (χ0v) is 17.7. The molecule has 5 heteroatoms. The smallest absolute Gasteiger partial charge is 0.198 e. The number of aliphatic imine (C=N–C) groups is 1. The van der Waals surface area contributed by atoms with Crippen LogP contribution in [0.2, 0.25) is 0 Å². The number of guanidine groups is 1. The molecule has 3 N–H and O–H groups in total. The summed E-state index contributed by atoms with van der Waals surface area (Å²) in [7, 11) is 0. The van der Waals surface area contributed by atoms with E-state index in [9.17, 15) is 0 Å². The first-order valence-corrected chi connectivity index (χ1v) is 10.7. The number of anilines is 1. The summed E-state index contributed by atoms with van der Waals surface area (Å²) in [4.78, 5) is 7.20. The third-order valence-corrected chi connectivity index (χ3v) is 5.34. The lowest BCUT2D eigenvalue weighted by molar-refractivity contribution is 0.257. The molecule has 3 rings (SSSR count). The Morgan fingerprint density at radius 3 is 2.59 bits per heavy atom. The molecule has 2 aromatic carbocycles. The zero-order chi connectivity index (χ0) is 20.5. The van der Waals surface area contributed by atoms with Crippen molar-refractivity contribution in [3.63, 3.8) is 0 Å². The molecule has 0 bridgehead atoms. The second-order valence-corrected chi connectivity index (χ2v) is 7.81. The van der Waals surface area contributed by atoms with Gasteiger partial charge in [0.2, 0.25) is 0 Å². The quantitative estimate of drug-likeness (QED) is 0.410. The van der Waals surface area contributed by atoms with Gasteiger partial charge in [0.1, 0.15) is 12.4 Å². The molecule has 5 nitrogen and oxygen atoms in total. The van der Waals surface area contributed by atoms with Crippen molar-refractivity contribution in [2.75, 3.05) is 25.0 Å². The molecule has 0 spiro atoms. The summed E-state index contributed by atoms with van der Waals surface area (Å²) >= 11 is 0. The molecular formula is C24H34N4O. The van der Waals surface area contributed by atoms with Crippen molar-refractivity contribution in [3.05, 3.63) is 59.7 Å².